The van der Waals surface area contributed by atoms with Gasteiger partial charge in [-0.05, 0) is 50.5 Å². The number of carbonyl (C=O) groups excluding carboxylic acids is 2. The molecule has 2 aliphatic heterocycles. The number of methoxy groups -OCH3 is 1. The number of benzene rings is 1. The van der Waals surface area contributed by atoms with Crippen LogP contribution in [0.2, 0.25) is 0 Å². The van der Waals surface area contributed by atoms with Crippen LogP contribution in [0.4, 0.5) is 5.69 Å². The van der Waals surface area contributed by atoms with Gasteiger partial charge in [-0.25, -0.2) is 4.79 Å². The van der Waals surface area contributed by atoms with Gasteiger partial charge in [-0.2, -0.15) is 0 Å². The fourth-order valence-electron chi connectivity index (χ4n) is 3.53. The summed E-state index contributed by atoms with van der Waals surface area (Å²) >= 11 is 0. The predicted octanol–water partition coefficient (Wildman–Crippen LogP) is 2.08. The van der Waals surface area contributed by atoms with E-state index in [1.807, 2.05) is 24.0 Å². The van der Waals surface area contributed by atoms with E-state index in [0.29, 0.717) is 25.3 Å². The molecule has 2 fully saturated rings. The van der Waals surface area contributed by atoms with Crippen molar-refractivity contribution in [2.75, 3.05) is 44.8 Å². The molecule has 6 heteroatoms. The van der Waals surface area contributed by atoms with Crippen LogP contribution in [-0.4, -0.2) is 62.3 Å². The summed E-state index contributed by atoms with van der Waals surface area (Å²) in [6, 6.07) is 7.40. The third kappa shape index (κ3) is 3.79. The molecule has 0 spiro atoms. The topological polar surface area (TPSA) is 59.1 Å². The number of hydrogen-bond acceptors (Lipinski definition) is 5. The Hall–Kier alpha value is -2.08. The third-order valence-corrected chi connectivity index (χ3v) is 5.14. The number of esters is 1. The molecule has 0 bridgehead atoms. The zero-order chi connectivity index (χ0) is 17.9. The molecule has 1 amide bonds. The van der Waals surface area contributed by atoms with Crippen LogP contribution in [0.15, 0.2) is 24.3 Å². The highest BCUT2D eigenvalue weighted by Gasteiger charge is 2.39. The van der Waals surface area contributed by atoms with Gasteiger partial charge >= 0.3 is 5.97 Å². The van der Waals surface area contributed by atoms with Gasteiger partial charge in [0.15, 0.2) is 0 Å². The molecule has 3 rings (SSSR count). The Morgan fingerprint density at radius 1 is 1.08 bits per heavy atom. The maximum absolute atomic E-state index is 12.8. The smallest absolute Gasteiger partial charge is 0.337 e. The molecule has 0 saturated carbocycles. The number of ether oxygens (including phenoxy) is 2. The lowest BCUT2D eigenvalue weighted by molar-refractivity contribution is -0.162. The van der Waals surface area contributed by atoms with Crippen molar-refractivity contribution in [3.63, 3.8) is 0 Å². The Balaban J connectivity index is 1.58. The number of rotatable bonds is 3. The van der Waals surface area contributed by atoms with Crippen LogP contribution in [0.1, 0.15) is 36.5 Å². The van der Waals surface area contributed by atoms with Gasteiger partial charge < -0.3 is 19.3 Å². The molecule has 1 aromatic carbocycles. The van der Waals surface area contributed by atoms with Gasteiger partial charge in [0.1, 0.15) is 5.60 Å². The standard InChI is InChI=1S/C19H26N2O4/c1-19(9-3-4-14-25-19)18(23)21-12-10-20(11-13-21)16-7-5-15(6-8-16)17(22)24-2/h5-8H,3-4,9-14H2,1-2H3. The molecule has 0 aromatic heterocycles. The molecule has 1 unspecified atom stereocenters. The molecule has 0 N–H and O–H groups in total. The molecule has 2 aliphatic rings. The fraction of sp³-hybridized carbons (Fsp3) is 0.579. The summed E-state index contributed by atoms with van der Waals surface area (Å²) in [7, 11) is 1.38. The van der Waals surface area contributed by atoms with Crippen molar-refractivity contribution in [1.82, 2.24) is 4.90 Å². The van der Waals surface area contributed by atoms with Crippen LogP contribution in [0.5, 0.6) is 0 Å². The Morgan fingerprint density at radius 3 is 2.32 bits per heavy atom. The first-order valence-electron chi connectivity index (χ1n) is 8.90. The van der Waals surface area contributed by atoms with E-state index in [1.165, 1.54) is 7.11 Å². The maximum atomic E-state index is 12.8. The van der Waals surface area contributed by atoms with Crippen LogP contribution in [-0.2, 0) is 14.3 Å². The number of piperazine rings is 1. The van der Waals surface area contributed by atoms with Gasteiger partial charge in [0.25, 0.3) is 5.91 Å². The maximum Gasteiger partial charge on any atom is 0.337 e. The van der Waals surface area contributed by atoms with E-state index in [9.17, 15) is 9.59 Å². The zero-order valence-corrected chi connectivity index (χ0v) is 15.0. The molecule has 2 saturated heterocycles. The van der Waals surface area contributed by atoms with Crippen LogP contribution in [0, 0.1) is 0 Å². The lowest BCUT2D eigenvalue weighted by atomic mass is 9.94. The summed E-state index contributed by atoms with van der Waals surface area (Å²) < 4.78 is 10.5. The Bertz CT molecular complexity index is 615. The second kappa shape index (κ2) is 7.44. The van der Waals surface area contributed by atoms with Gasteiger partial charge in [0.2, 0.25) is 0 Å². The van der Waals surface area contributed by atoms with E-state index in [0.717, 1.165) is 38.0 Å². The summed E-state index contributed by atoms with van der Waals surface area (Å²) in [4.78, 5) is 28.5. The largest absolute Gasteiger partial charge is 0.465 e. The van der Waals surface area contributed by atoms with E-state index in [-0.39, 0.29) is 11.9 Å². The molecule has 25 heavy (non-hydrogen) atoms. The van der Waals surface area contributed by atoms with Crippen molar-refractivity contribution in [3.8, 4) is 0 Å². The van der Waals surface area contributed by atoms with Gasteiger partial charge in [-0.15, -0.1) is 0 Å². The molecule has 1 aromatic rings. The lowest BCUT2D eigenvalue weighted by Crippen LogP contribution is -2.56. The minimum atomic E-state index is -0.650. The van der Waals surface area contributed by atoms with E-state index < -0.39 is 5.60 Å². The first kappa shape index (κ1) is 17.7. The van der Waals surface area contributed by atoms with Crippen molar-refractivity contribution in [2.24, 2.45) is 0 Å². The Labute approximate surface area is 148 Å². The number of anilines is 1. The first-order valence-corrected chi connectivity index (χ1v) is 8.90. The second-order valence-corrected chi connectivity index (χ2v) is 6.85. The average molecular weight is 346 g/mol. The van der Waals surface area contributed by atoms with Gasteiger partial charge in [-0.3, -0.25) is 4.79 Å². The zero-order valence-electron chi connectivity index (χ0n) is 15.0. The van der Waals surface area contributed by atoms with Crippen LogP contribution < -0.4 is 4.90 Å². The van der Waals surface area contributed by atoms with E-state index in [4.69, 9.17) is 9.47 Å². The summed E-state index contributed by atoms with van der Waals surface area (Å²) in [5.41, 5.74) is 0.949. The van der Waals surface area contributed by atoms with E-state index >= 15 is 0 Å². The van der Waals surface area contributed by atoms with Gasteiger partial charge in [-0.1, -0.05) is 0 Å². The molecule has 1 atom stereocenters. The molecular formula is C19H26N2O4. The molecule has 0 radical (unpaired) electrons. The predicted molar refractivity (Wildman–Crippen MR) is 94.8 cm³/mol. The number of carbonyl (C=O) groups is 2. The normalized spacial score (nSPS) is 24.1. The second-order valence-electron chi connectivity index (χ2n) is 6.85. The van der Waals surface area contributed by atoms with Gasteiger partial charge in [0.05, 0.1) is 12.7 Å². The van der Waals surface area contributed by atoms with E-state index in [2.05, 4.69) is 4.90 Å². The van der Waals surface area contributed by atoms with Crippen molar-refractivity contribution < 1.29 is 19.1 Å². The van der Waals surface area contributed by atoms with Crippen molar-refractivity contribution in [2.45, 2.75) is 31.8 Å². The highest BCUT2D eigenvalue weighted by molar-refractivity contribution is 5.89. The fourth-order valence-corrected chi connectivity index (χ4v) is 3.53. The summed E-state index contributed by atoms with van der Waals surface area (Å²) in [5.74, 6) is -0.212. The SMILES string of the molecule is COC(=O)c1ccc(N2CCN(C(=O)C3(C)CCCCO3)CC2)cc1. The van der Waals surface area contributed by atoms with Crippen molar-refractivity contribution in [3.05, 3.63) is 29.8 Å². The molecule has 136 valence electrons. The third-order valence-electron chi connectivity index (χ3n) is 5.14. The van der Waals surface area contributed by atoms with Crippen LogP contribution in [0.3, 0.4) is 0 Å². The van der Waals surface area contributed by atoms with Gasteiger partial charge in [0, 0.05) is 38.5 Å². The minimum Gasteiger partial charge on any atom is -0.465 e. The van der Waals surface area contributed by atoms with Crippen LogP contribution in [0.25, 0.3) is 0 Å². The summed E-state index contributed by atoms with van der Waals surface area (Å²) in [6.45, 7) is 5.53. The quantitative estimate of drug-likeness (QED) is 0.785. The lowest BCUT2D eigenvalue weighted by Gasteiger charge is -2.41. The Kier molecular flexibility index (Phi) is 5.27. The van der Waals surface area contributed by atoms with Crippen molar-refractivity contribution >= 4 is 17.6 Å². The number of amides is 1. The molecule has 2 heterocycles. The van der Waals surface area contributed by atoms with E-state index in [1.54, 1.807) is 12.1 Å². The number of nitrogens with zero attached hydrogens (tertiary/aromatic N) is 2. The summed E-state index contributed by atoms with van der Waals surface area (Å²) in [5, 5.41) is 0. The Morgan fingerprint density at radius 2 is 1.76 bits per heavy atom. The summed E-state index contributed by atoms with van der Waals surface area (Å²) in [6.07, 6.45) is 2.90. The first-order chi connectivity index (χ1) is 12.0. The van der Waals surface area contributed by atoms with Crippen molar-refractivity contribution in [1.29, 1.82) is 0 Å². The highest BCUT2D eigenvalue weighted by atomic mass is 16.5. The monoisotopic (exact) mass is 346 g/mol. The highest BCUT2D eigenvalue weighted by Crippen LogP contribution is 2.27. The molecule has 0 aliphatic carbocycles. The molecule has 6 nitrogen and oxygen atoms in total. The molecular weight excluding hydrogens is 320 g/mol. The van der Waals surface area contributed by atoms with Crippen LogP contribution >= 0.6 is 0 Å². The number of hydrogen-bond donors (Lipinski definition) is 0. The minimum absolute atomic E-state index is 0.118. The average Bonchev–Trinajstić information content (AvgIpc) is 2.67.